The highest BCUT2D eigenvalue weighted by Crippen LogP contribution is 2.33. The summed E-state index contributed by atoms with van der Waals surface area (Å²) >= 11 is 0. The van der Waals surface area contributed by atoms with Crippen LogP contribution >= 0.6 is 0 Å². The first-order chi connectivity index (χ1) is 10.4. The van der Waals surface area contributed by atoms with E-state index in [4.69, 9.17) is 4.42 Å². The van der Waals surface area contributed by atoms with Crippen LogP contribution in [0.15, 0.2) is 27.4 Å². The van der Waals surface area contributed by atoms with Crippen LogP contribution < -0.4 is 10.3 Å². The Balaban J connectivity index is 2.06. The minimum atomic E-state index is 0.0690. The van der Waals surface area contributed by atoms with Crippen LogP contribution in [-0.4, -0.2) is 13.1 Å². The van der Waals surface area contributed by atoms with Gasteiger partial charge in [-0.25, -0.2) is 0 Å². The molecule has 0 unspecified atom stereocenters. The summed E-state index contributed by atoms with van der Waals surface area (Å²) in [4.78, 5) is 14.7. The van der Waals surface area contributed by atoms with Gasteiger partial charge in [0.1, 0.15) is 5.58 Å². The smallest absolute Gasteiger partial charge is 0.199 e. The molecular formula is C19H25NO2. The highest BCUT2D eigenvalue weighted by atomic mass is 16.4. The highest BCUT2D eigenvalue weighted by molar-refractivity contribution is 5.81. The van der Waals surface area contributed by atoms with Crippen molar-refractivity contribution in [3.8, 4) is 0 Å². The lowest BCUT2D eigenvalue weighted by molar-refractivity contribution is 0.274. The van der Waals surface area contributed by atoms with Crippen molar-refractivity contribution in [2.75, 3.05) is 18.0 Å². The van der Waals surface area contributed by atoms with Crippen LogP contribution in [0.5, 0.6) is 0 Å². The summed E-state index contributed by atoms with van der Waals surface area (Å²) in [5.74, 6) is 0.728. The van der Waals surface area contributed by atoms with E-state index >= 15 is 0 Å². The number of rotatable bonds is 2. The van der Waals surface area contributed by atoms with Crippen molar-refractivity contribution < 1.29 is 4.42 Å². The summed E-state index contributed by atoms with van der Waals surface area (Å²) in [5, 5.41) is 0.706. The molecule has 1 aliphatic heterocycles. The van der Waals surface area contributed by atoms with Crippen molar-refractivity contribution in [1.29, 1.82) is 0 Å². The van der Waals surface area contributed by atoms with E-state index in [0.717, 1.165) is 54.9 Å². The van der Waals surface area contributed by atoms with Gasteiger partial charge in [-0.3, -0.25) is 4.79 Å². The molecule has 0 bridgehead atoms. The molecule has 0 N–H and O–H groups in total. The molecule has 118 valence electrons. The standard InChI is InChI=1S/C19H25NO2/c1-5-14-10-13(2)11-15-16(21)12-17(22-18(14)15)20-8-6-19(3,4)7-9-20/h10-12H,5-9H2,1-4H3. The van der Waals surface area contributed by atoms with E-state index in [9.17, 15) is 4.79 Å². The second-order valence-corrected chi connectivity index (χ2v) is 7.25. The topological polar surface area (TPSA) is 33.5 Å². The predicted octanol–water partition coefficient (Wildman–Crippen LogP) is 4.29. The van der Waals surface area contributed by atoms with Crippen molar-refractivity contribution in [3.05, 3.63) is 39.5 Å². The lowest BCUT2D eigenvalue weighted by Crippen LogP contribution is -2.37. The van der Waals surface area contributed by atoms with Crippen molar-refractivity contribution in [3.63, 3.8) is 0 Å². The van der Waals surface area contributed by atoms with Crippen molar-refractivity contribution in [2.24, 2.45) is 5.41 Å². The number of hydrogen-bond acceptors (Lipinski definition) is 3. The third kappa shape index (κ3) is 2.77. The average molecular weight is 299 g/mol. The third-order valence-corrected chi connectivity index (χ3v) is 4.85. The molecule has 0 atom stereocenters. The Bertz CT molecular complexity index is 748. The molecule has 1 aromatic heterocycles. The highest BCUT2D eigenvalue weighted by Gasteiger charge is 2.27. The monoisotopic (exact) mass is 299 g/mol. The Labute approximate surface area is 131 Å². The minimum Gasteiger partial charge on any atom is -0.440 e. The Morgan fingerprint density at radius 2 is 1.86 bits per heavy atom. The second kappa shape index (κ2) is 5.45. The molecule has 1 aliphatic rings. The molecule has 0 saturated carbocycles. The van der Waals surface area contributed by atoms with Gasteiger partial charge in [-0.1, -0.05) is 26.8 Å². The summed E-state index contributed by atoms with van der Waals surface area (Å²) in [6.07, 6.45) is 3.13. The largest absolute Gasteiger partial charge is 0.440 e. The van der Waals surface area contributed by atoms with E-state index in [0.29, 0.717) is 10.8 Å². The molecule has 3 nitrogen and oxygen atoms in total. The predicted molar refractivity (Wildman–Crippen MR) is 91.8 cm³/mol. The third-order valence-electron chi connectivity index (χ3n) is 4.85. The fraction of sp³-hybridized carbons (Fsp3) is 0.526. The summed E-state index contributed by atoms with van der Waals surface area (Å²) in [6, 6.07) is 5.72. The Morgan fingerprint density at radius 3 is 2.50 bits per heavy atom. The van der Waals surface area contributed by atoms with E-state index < -0.39 is 0 Å². The van der Waals surface area contributed by atoms with Gasteiger partial charge in [0.2, 0.25) is 0 Å². The van der Waals surface area contributed by atoms with Crippen LogP contribution in [0.4, 0.5) is 5.88 Å². The molecule has 2 heterocycles. The van der Waals surface area contributed by atoms with Crippen LogP contribution in [-0.2, 0) is 6.42 Å². The van der Waals surface area contributed by atoms with Crippen LogP contribution in [0.1, 0.15) is 44.7 Å². The summed E-state index contributed by atoms with van der Waals surface area (Å²) in [5.41, 5.74) is 3.45. The Hall–Kier alpha value is -1.77. The number of benzene rings is 1. The number of nitrogens with zero attached hydrogens (tertiary/aromatic N) is 1. The molecule has 0 amide bonds. The zero-order chi connectivity index (χ0) is 15.9. The first kappa shape index (κ1) is 15.1. The molecule has 0 aliphatic carbocycles. The van der Waals surface area contributed by atoms with Gasteiger partial charge in [-0.05, 0) is 48.8 Å². The first-order valence-corrected chi connectivity index (χ1v) is 8.22. The Kier molecular flexibility index (Phi) is 3.75. The molecule has 1 saturated heterocycles. The number of aryl methyl sites for hydroxylation is 2. The molecule has 1 fully saturated rings. The normalized spacial score (nSPS) is 17.9. The van der Waals surface area contributed by atoms with Crippen molar-refractivity contribution >= 4 is 16.9 Å². The number of piperidine rings is 1. The van der Waals surface area contributed by atoms with E-state index in [1.54, 1.807) is 6.07 Å². The van der Waals surface area contributed by atoms with E-state index in [1.807, 2.05) is 13.0 Å². The first-order valence-electron chi connectivity index (χ1n) is 8.22. The maximum atomic E-state index is 12.5. The maximum absolute atomic E-state index is 12.5. The van der Waals surface area contributed by atoms with Crippen molar-refractivity contribution in [2.45, 2.75) is 47.0 Å². The van der Waals surface area contributed by atoms with Gasteiger partial charge in [-0.2, -0.15) is 0 Å². The van der Waals surface area contributed by atoms with E-state index in [2.05, 4.69) is 31.7 Å². The Morgan fingerprint density at radius 1 is 1.18 bits per heavy atom. The van der Waals surface area contributed by atoms with Gasteiger partial charge in [0.15, 0.2) is 11.3 Å². The molecule has 0 spiro atoms. The quantitative estimate of drug-likeness (QED) is 0.829. The number of anilines is 1. The number of fused-ring (bicyclic) bond motifs is 1. The fourth-order valence-electron chi connectivity index (χ4n) is 3.23. The zero-order valence-corrected chi connectivity index (χ0v) is 14.0. The number of hydrogen-bond donors (Lipinski definition) is 0. The molecule has 2 aromatic rings. The van der Waals surface area contributed by atoms with E-state index in [1.165, 1.54) is 0 Å². The van der Waals surface area contributed by atoms with Gasteiger partial charge >= 0.3 is 0 Å². The van der Waals surface area contributed by atoms with Gasteiger partial charge in [0.25, 0.3) is 0 Å². The SMILES string of the molecule is CCc1cc(C)cc2c(=O)cc(N3CCC(C)(C)CC3)oc12. The molecular weight excluding hydrogens is 274 g/mol. The molecule has 1 aromatic carbocycles. The van der Waals surface area contributed by atoms with Crippen LogP contribution in [0.2, 0.25) is 0 Å². The summed E-state index contributed by atoms with van der Waals surface area (Å²) in [6.45, 7) is 10.6. The van der Waals surface area contributed by atoms with Gasteiger partial charge in [0, 0.05) is 19.2 Å². The molecule has 3 rings (SSSR count). The minimum absolute atomic E-state index is 0.0690. The molecule has 22 heavy (non-hydrogen) atoms. The summed E-state index contributed by atoms with van der Waals surface area (Å²) in [7, 11) is 0. The van der Waals surface area contributed by atoms with Crippen LogP contribution in [0.3, 0.4) is 0 Å². The van der Waals surface area contributed by atoms with Gasteiger partial charge < -0.3 is 9.32 Å². The van der Waals surface area contributed by atoms with Crippen molar-refractivity contribution in [1.82, 2.24) is 0 Å². The van der Waals surface area contributed by atoms with Crippen LogP contribution in [0, 0.1) is 12.3 Å². The average Bonchev–Trinajstić information content (AvgIpc) is 2.47. The summed E-state index contributed by atoms with van der Waals surface area (Å²) < 4.78 is 6.15. The lowest BCUT2D eigenvalue weighted by atomic mass is 9.83. The molecule has 3 heteroatoms. The van der Waals surface area contributed by atoms with Gasteiger partial charge in [0.05, 0.1) is 5.39 Å². The maximum Gasteiger partial charge on any atom is 0.199 e. The fourth-order valence-corrected chi connectivity index (χ4v) is 3.23. The zero-order valence-electron chi connectivity index (χ0n) is 14.0. The van der Waals surface area contributed by atoms with Gasteiger partial charge in [-0.15, -0.1) is 0 Å². The second-order valence-electron chi connectivity index (χ2n) is 7.25. The lowest BCUT2D eigenvalue weighted by Gasteiger charge is -2.37. The van der Waals surface area contributed by atoms with Crippen LogP contribution in [0.25, 0.3) is 11.0 Å². The molecule has 0 radical (unpaired) electrons. The van der Waals surface area contributed by atoms with E-state index in [-0.39, 0.29) is 5.43 Å².